The van der Waals surface area contributed by atoms with Gasteiger partial charge >= 0.3 is 5.97 Å². The Bertz CT molecular complexity index is 873. The number of hydrogen-bond donors (Lipinski definition) is 2. The van der Waals surface area contributed by atoms with Crippen molar-refractivity contribution in [1.82, 2.24) is 0 Å². The molecule has 0 saturated heterocycles. The summed E-state index contributed by atoms with van der Waals surface area (Å²) in [6, 6.07) is 8.85. The van der Waals surface area contributed by atoms with Gasteiger partial charge in [0.25, 0.3) is 0 Å². The number of carboxylic acid groups (broad SMARTS) is 1. The van der Waals surface area contributed by atoms with Crippen molar-refractivity contribution in [1.29, 1.82) is 0 Å². The number of hydrogen-bond acceptors (Lipinski definition) is 4. The Morgan fingerprint density at radius 2 is 2.00 bits per heavy atom. The quantitative estimate of drug-likeness (QED) is 0.897. The molecule has 0 aliphatic heterocycles. The number of aliphatic carboxylic acids is 1. The maximum atomic E-state index is 12.3. The van der Waals surface area contributed by atoms with Gasteiger partial charge in [-0.2, -0.15) is 0 Å². The molecule has 1 fully saturated rings. The first-order chi connectivity index (χ1) is 12.0. The van der Waals surface area contributed by atoms with Crippen LogP contribution in [0.2, 0.25) is 0 Å². The van der Waals surface area contributed by atoms with Crippen molar-refractivity contribution in [2.24, 2.45) is 0 Å². The fourth-order valence-electron chi connectivity index (χ4n) is 4.53. The molecule has 2 aliphatic rings. The highest BCUT2D eigenvalue weighted by molar-refractivity contribution is 5.86. The summed E-state index contributed by atoms with van der Waals surface area (Å²) in [5.74, 6) is 0.428. The molecule has 2 atom stereocenters. The van der Waals surface area contributed by atoms with Crippen LogP contribution in [0.25, 0.3) is 0 Å². The fraction of sp³-hybridized carbons (Fsp3) is 0.350. The van der Waals surface area contributed by atoms with Crippen LogP contribution in [0, 0.1) is 0 Å². The van der Waals surface area contributed by atoms with Crippen LogP contribution in [-0.2, 0) is 16.6 Å². The number of rotatable bonds is 3. The Morgan fingerprint density at radius 1 is 1.20 bits per heavy atom. The lowest BCUT2D eigenvalue weighted by Crippen LogP contribution is -2.49. The monoisotopic (exact) mass is 340 g/mol. The number of aromatic hydroxyl groups is 1. The van der Waals surface area contributed by atoms with Crippen LogP contribution in [0.5, 0.6) is 17.2 Å². The Balaban J connectivity index is 2.03. The van der Waals surface area contributed by atoms with Crippen molar-refractivity contribution in [3.8, 4) is 17.2 Å². The minimum atomic E-state index is -0.987. The molecule has 0 aromatic heterocycles. The normalized spacial score (nSPS) is 23.4. The van der Waals surface area contributed by atoms with Gasteiger partial charge in [0, 0.05) is 17.9 Å². The second-order valence-electron chi connectivity index (χ2n) is 6.75. The minimum Gasteiger partial charge on any atom is -0.508 e. The molecule has 5 heteroatoms. The van der Waals surface area contributed by atoms with Crippen LogP contribution < -0.4 is 9.47 Å². The molecule has 0 amide bonds. The lowest BCUT2D eigenvalue weighted by atomic mass is 9.54. The van der Waals surface area contributed by atoms with E-state index in [4.69, 9.17) is 9.47 Å². The summed E-state index contributed by atoms with van der Waals surface area (Å²) in [4.78, 5) is 12.3. The highest BCUT2D eigenvalue weighted by Crippen LogP contribution is 2.59. The van der Waals surface area contributed by atoms with Crippen molar-refractivity contribution < 1.29 is 24.5 Å². The Labute approximate surface area is 145 Å². The molecule has 0 spiro atoms. The van der Waals surface area contributed by atoms with Crippen LogP contribution >= 0.6 is 0 Å². The predicted molar refractivity (Wildman–Crippen MR) is 91.7 cm³/mol. The van der Waals surface area contributed by atoms with E-state index in [9.17, 15) is 15.0 Å². The van der Waals surface area contributed by atoms with Gasteiger partial charge in [0.2, 0.25) is 0 Å². The summed E-state index contributed by atoms with van der Waals surface area (Å²) >= 11 is 0. The number of fused-ring (bicyclic) bond motifs is 5. The summed E-state index contributed by atoms with van der Waals surface area (Å²) in [6.45, 7) is 0. The summed E-state index contributed by atoms with van der Waals surface area (Å²) in [5, 5.41) is 20.1. The van der Waals surface area contributed by atoms with E-state index >= 15 is 0 Å². The summed E-state index contributed by atoms with van der Waals surface area (Å²) < 4.78 is 11.0. The predicted octanol–water partition coefficient (Wildman–Crippen LogP) is 3.21. The largest absolute Gasteiger partial charge is 0.508 e. The fourth-order valence-corrected chi connectivity index (χ4v) is 4.53. The first-order valence-electron chi connectivity index (χ1n) is 8.32. The maximum absolute atomic E-state index is 12.3. The van der Waals surface area contributed by atoms with Crippen LogP contribution in [-0.4, -0.2) is 30.4 Å². The molecule has 2 unspecified atom stereocenters. The summed E-state index contributed by atoms with van der Waals surface area (Å²) in [5.41, 5.74) is 2.62. The van der Waals surface area contributed by atoms with E-state index in [2.05, 4.69) is 0 Å². The molecule has 2 N–H and O–H groups in total. The van der Waals surface area contributed by atoms with Gasteiger partial charge in [-0.1, -0.05) is 12.1 Å². The van der Waals surface area contributed by atoms with E-state index in [1.807, 2.05) is 18.2 Å². The highest BCUT2D eigenvalue weighted by atomic mass is 16.5. The average molecular weight is 340 g/mol. The molecule has 0 bridgehead atoms. The highest BCUT2D eigenvalue weighted by Gasteiger charge is 2.57. The van der Waals surface area contributed by atoms with Gasteiger partial charge in [0.1, 0.15) is 5.75 Å². The van der Waals surface area contributed by atoms with Crippen LogP contribution in [0.15, 0.2) is 30.3 Å². The molecule has 0 radical (unpaired) electrons. The minimum absolute atomic E-state index is 0.0977. The molecular weight excluding hydrogens is 320 g/mol. The maximum Gasteiger partial charge on any atom is 0.314 e. The Hall–Kier alpha value is -2.69. The molecule has 130 valence electrons. The molecule has 2 aromatic rings. The van der Waals surface area contributed by atoms with Gasteiger partial charge < -0.3 is 19.7 Å². The molecule has 25 heavy (non-hydrogen) atoms. The van der Waals surface area contributed by atoms with Gasteiger partial charge in [-0.25, -0.2) is 0 Å². The first-order valence-corrected chi connectivity index (χ1v) is 8.32. The lowest BCUT2D eigenvalue weighted by Gasteiger charge is -2.47. The molecule has 2 aliphatic carbocycles. The van der Waals surface area contributed by atoms with Gasteiger partial charge in [0.15, 0.2) is 11.5 Å². The number of carboxylic acids is 1. The van der Waals surface area contributed by atoms with Crippen molar-refractivity contribution in [2.75, 3.05) is 14.2 Å². The van der Waals surface area contributed by atoms with Crippen molar-refractivity contribution in [3.63, 3.8) is 0 Å². The van der Waals surface area contributed by atoms with E-state index in [-0.39, 0.29) is 11.7 Å². The molecule has 1 saturated carbocycles. The second-order valence-corrected chi connectivity index (χ2v) is 6.75. The summed E-state index contributed by atoms with van der Waals surface area (Å²) in [6.07, 6.45) is 1.91. The van der Waals surface area contributed by atoms with Crippen LogP contribution in [0.3, 0.4) is 0 Å². The Kier molecular flexibility index (Phi) is 3.42. The number of phenols is 1. The number of carbonyl (C=O) groups is 1. The lowest BCUT2D eigenvalue weighted by molar-refractivity contribution is -0.148. The first kappa shape index (κ1) is 15.8. The number of benzene rings is 2. The van der Waals surface area contributed by atoms with Crippen LogP contribution in [0.1, 0.15) is 41.0 Å². The number of ether oxygens (including phenoxy) is 2. The standard InChI is InChI=1S/C20H20O5/c1-24-17-6-5-13-14(18(17)25-2)9-11-3-4-12(21)10-16(11)20(19(22)23)8-7-15(13)20/h3-6,10,15,21H,7-9H2,1-2H3,(H,22,23). The number of methoxy groups -OCH3 is 2. The van der Waals surface area contributed by atoms with E-state index in [1.165, 1.54) is 0 Å². The SMILES string of the molecule is COc1ccc2c(c1OC)Cc1ccc(O)cc1C1(C(=O)O)CCC21. The van der Waals surface area contributed by atoms with Crippen molar-refractivity contribution in [2.45, 2.75) is 30.6 Å². The zero-order valence-electron chi connectivity index (χ0n) is 14.2. The third-order valence-electron chi connectivity index (χ3n) is 5.81. The smallest absolute Gasteiger partial charge is 0.314 e. The molecule has 4 rings (SSSR count). The summed E-state index contributed by atoms with van der Waals surface area (Å²) in [7, 11) is 3.20. The van der Waals surface area contributed by atoms with E-state index in [1.54, 1.807) is 26.4 Å². The van der Waals surface area contributed by atoms with Gasteiger partial charge in [0.05, 0.1) is 19.6 Å². The second kappa shape index (κ2) is 5.41. The van der Waals surface area contributed by atoms with Gasteiger partial charge in [-0.15, -0.1) is 0 Å². The Morgan fingerprint density at radius 3 is 2.60 bits per heavy atom. The third-order valence-corrected chi connectivity index (χ3v) is 5.81. The van der Waals surface area contributed by atoms with E-state index in [0.29, 0.717) is 29.9 Å². The third kappa shape index (κ3) is 1.98. The topological polar surface area (TPSA) is 76.0 Å². The van der Waals surface area contributed by atoms with Crippen molar-refractivity contribution in [3.05, 3.63) is 52.6 Å². The molecule has 0 heterocycles. The zero-order chi connectivity index (χ0) is 17.8. The molecule has 2 aromatic carbocycles. The van der Waals surface area contributed by atoms with Crippen LogP contribution in [0.4, 0.5) is 0 Å². The van der Waals surface area contributed by atoms with Gasteiger partial charge in [-0.3, -0.25) is 4.79 Å². The van der Waals surface area contributed by atoms with Crippen molar-refractivity contribution >= 4 is 5.97 Å². The van der Waals surface area contributed by atoms with E-state index in [0.717, 1.165) is 23.1 Å². The number of phenolic OH excluding ortho intramolecular Hbond substituents is 1. The zero-order valence-corrected chi connectivity index (χ0v) is 14.2. The molecular formula is C20H20O5. The average Bonchev–Trinajstić information content (AvgIpc) is 2.64. The van der Waals surface area contributed by atoms with Gasteiger partial charge in [-0.05, 0) is 47.7 Å². The molecule has 5 nitrogen and oxygen atoms in total. The van der Waals surface area contributed by atoms with E-state index < -0.39 is 11.4 Å².